The van der Waals surface area contributed by atoms with E-state index in [0.29, 0.717) is 32.4 Å². The van der Waals surface area contributed by atoms with Gasteiger partial charge in [-0.1, -0.05) is 30.3 Å². The first-order valence-corrected chi connectivity index (χ1v) is 8.26. The van der Waals surface area contributed by atoms with Crippen molar-refractivity contribution < 1.29 is 19.4 Å². The smallest absolute Gasteiger partial charge is 0.306 e. The Labute approximate surface area is 136 Å². The predicted molar refractivity (Wildman–Crippen MR) is 84.8 cm³/mol. The molecular formula is C18H23NO4. The largest absolute Gasteiger partial charge is 0.481 e. The van der Waals surface area contributed by atoms with Crippen LogP contribution in [-0.2, 0) is 14.3 Å². The number of carbonyl (C=O) groups is 2. The fourth-order valence-corrected chi connectivity index (χ4v) is 3.60. The van der Waals surface area contributed by atoms with Gasteiger partial charge in [0, 0.05) is 5.92 Å². The van der Waals surface area contributed by atoms with Crippen LogP contribution < -0.4 is 0 Å². The van der Waals surface area contributed by atoms with Crippen molar-refractivity contribution in [1.82, 2.24) is 4.90 Å². The van der Waals surface area contributed by atoms with Crippen LogP contribution in [0.2, 0.25) is 0 Å². The highest BCUT2D eigenvalue weighted by molar-refractivity contribution is 5.81. The normalized spacial score (nSPS) is 31.1. The van der Waals surface area contributed by atoms with Crippen molar-refractivity contribution in [1.29, 1.82) is 0 Å². The van der Waals surface area contributed by atoms with E-state index in [1.807, 2.05) is 42.2 Å². The summed E-state index contributed by atoms with van der Waals surface area (Å²) in [5.41, 5.74) is 1.08. The molecule has 2 aliphatic rings. The third-order valence-electron chi connectivity index (χ3n) is 5.02. The van der Waals surface area contributed by atoms with Crippen molar-refractivity contribution in [2.45, 2.75) is 38.3 Å². The number of hydrogen-bond acceptors (Lipinski definition) is 3. The maximum Gasteiger partial charge on any atom is 0.306 e. The van der Waals surface area contributed by atoms with Crippen LogP contribution in [0, 0.1) is 11.8 Å². The zero-order chi connectivity index (χ0) is 16.4. The Morgan fingerprint density at radius 3 is 2.52 bits per heavy atom. The summed E-state index contributed by atoms with van der Waals surface area (Å²) in [4.78, 5) is 25.8. The topological polar surface area (TPSA) is 66.8 Å². The van der Waals surface area contributed by atoms with Gasteiger partial charge in [-0.3, -0.25) is 9.59 Å². The lowest BCUT2D eigenvalue weighted by atomic mass is 10.0. The van der Waals surface area contributed by atoms with Crippen molar-refractivity contribution in [3.63, 3.8) is 0 Å². The number of amides is 1. The van der Waals surface area contributed by atoms with Gasteiger partial charge in [0.15, 0.2) is 0 Å². The highest BCUT2D eigenvalue weighted by Gasteiger charge is 2.39. The van der Waals surface area contributed by atoms with E-state index in [-0.39, 0.29) is 29.9 Å². The lowest BCUT2D eigenvalue weighted by molar-refractivity contribution is -0.149. The van der Waals surface area contributed by atoms with E-state index in [2.05, 4.69) is 0 Å². The van der Waals surface area contributed by atoms with E-state index >= 15 is 0 Å². The van der Waals surface area contributed by atoms with Crippen LogP contribution in [0.4, 0.5) is 0 Å². The number of ether oxygens (including phenoxy) is 1. The first-order chi connectivity index (χ1) is 11.1. The van der Waals surface area contributed by atoms with E-state index in [9.17, 15) is 9.59 Å². The summed E-state index contributed by atoms with van der Waals surface area (Å²) < 4.78 is 5.89. The first-order valence-electron chi connectivity index (χ1n) is 8.26. The fourth-order valence-electron chi connectivity index (χ4n) is 3.60. The molecule has 1 aliphatic carbocycles. The lowest BCUT2D eigenvalue weighted by Crippen LogP contribution is -2.50. The monoisotopic (exact) mass is 317 g/mol. The molecule has 0 aromatic heterocycles. The van der Waals surface area contributed by atoms with E-state index < -0.39 is 5.97 Å². The van der Waals surface area contributed by atoms with Crippen LogP contribution in [0.3, 0.4) is 0 Å². The standard InChI is InChI=1S/C18H23NO4/c1-12-11-23-16(13-5-3-2-4-6-13)10-19(12)17(20)14-7-8-15(9-14)18(21)22/h2-6,12,14-16H,7-11H2,1H3,(H,21,22)/t12?,14-,15+,16?/m1/s1. The Morgan fingerprint density at radius 1 is 1.17 bits per heavy atom. The maximum atomic E-state index is 12.8. The zero-order valence-electron chi connectivity index (χ0n) is 13.4. The number of carboxylic acid groups (broad SMARTS) is 1. The molecule has 1 N–H and O–H groups in total. The second-order valence-corrected chi connectivity index (χ2v) is 6.62. The van der Waals surface area contributed by atoms with E-state index in [1.165, 1.54) is 0 Å². The molecule has 5 nitrogen and oxygen atoms in total. The average Bonchev–Trinajstić information content (AvgIpc) is 3.06. The van der Waals surface area contributed by atoms with Gasteiger partial charge in [-0.2, -0.15) is 0 Å². The Morgan fingerprint density at radius 2 is 1.87 bits per heavy atom. The highest BCUT2D eigenvalue weighted by atomic mass is 16.5. The first kappa shape index (κ1) is 16.0. The number of morpholine rings is 1. The minimum absolute atomic E-state index is 0.0336. The number of hydrogen-bond donors (Lipinski definition) is 1. The Hall–Kier alpha value is -1.88. The third-order valence-corrected chi connectivity index (χ3v) is 5.02. The van der Waals surface area contributed by atoms with Crippen molar-refractivity contribution in [3.8, 4) is 0 Å². The number of nitrogens with zero attached hydrogens (tertiary/aromatic N) is 1. The third kappa shape index (κ3) is 3.39. The molecule has 1 saturated heterocycles. The van der Waals surface area contributed by atoms with Gasteiger partial charge in [0.1, 0.15) is 6.10 Å². The van der Waals surface area contributed by atoms with Gasteiger partial charge >= 0.3 is 5.97 Å². The molecule has 1 amide bonds. The highest BCUT2D eigenvalue weighted by Crippen LogP contribution is 2.34. The van der Waals surface area contributed by atoms with Gasteiger partial charge in [0.2, 0.25) is 5.91 Å². The molecule has 124 valence electrons. The molecule has 5 heteroatoms. The van der Waals surface area contributed by atoms with Gasteiger partial charge in [-0.25, -0.2) is 0 Å². The van der Waals surface area contributed by atoms with Gasteiger partial charge in [0.05, 0.1) is 25.1 Å². The molecule has 0 spiro atoms. The molecule has 1 aliphatic heterocycles. The number of rotatable bonds is 3. The van der Waals surface area contributed by atoms with Crippen LogP contribution in [0.25, 0.3) is 0 Å². The quantitative estimate of drug-likeness (QED) is 0.930. The molecule has 1 heterocycles. The predicted octanol–water partition coefficient (Wildman–Crippen LogP) is 2.48. The number of aliphatic carboxylic acids is 1. The Kier molecular flexibility index (Phi) is 4.66. The summed E-state index contributed by atoms with van der Waals surface area (Å²) in [6, 6.07) is 9.96. The summed E-state index contributed by atoms with van der Waals surface area (Å²) in [6.45, 7) is 3.04. The number of benzene rings is 1. The van der Waals surface area contributed by atoms with Crippen molar-refractivity contribution in [2.24, 2.45) is 11.8 Å². The molecule has 0 bridgehead atoms. The second kappa shape index (κ2) is 6.71. The number of carbonyl (C=O) groups excluding carboxylic acids is 1. The average molecular weight is 317 g/mol. The Balaban J connectivity index is 1.68. The van der Waals surface area contributed by atoms with Crippen molar-refractivity contribution >= 4 is 11.9 Å². The molecule has 1 saturated carbocycles. The molecule has 3 rings (SSSR count). The van der Waals surface area contributed by atoms with E-state index in [1.54, 1.807) is 0 Å². The molecule has 1 aromatic carbocycles. The van der Waals surface area contributed by atoms with Crippen LogP contribution >= 0.6 is 0 Å². The van der Waals surface area contributed by atoms with Gasteiger partial charge in [-0.05, 0) is 31.7 Å². The zero-order valence-corrected chi connectivity index (χ0v) is 13.4. The van der Waals surface area contributed by atoms with E-state index in [0.717, 1.165) is 5.56 Å². The van der Waals surface area contributed by atoms with Crippen molar-refractivity contribution in [3.05, 3.63) is 35.9 Å². The molecular weight excluding hydrogens is 294 g/mol. The SMILES string of the molecule is CC1COC(c2ccccc2)CN1C(=O)[C@@H]1CC[C@H](C(=O)O)C1. The summed E-state index contributed by atoms with van der Waals surface area (Å²) in [6.07, 6.45) is 1.64. The van der Waals surface area contributed by atoms with Crippen LogP contribution in [0.1, 0.15) is 37.9 Å². The van der Waals surface area contributed by atoms with Crippen LogP contribution in [0.15, 0.2) is 30.3 Å². The van der Waals surface area contributed by atoms with E-state index in [4.69, 9.17) is 9.84 Å². The van der Waals surface area contributed by atoms with Gasteiger partial charge in [-0.15, -0.1) is 0 Å². The maximum absolute atomic E-state index is 12.8. The fraction of sp³-hybridized carbons (Fsp3) is 0.556. The molecule has 4 atom stereocenters. The summed E-state index contributed by atoms with van der Waals surface area (Å²) in [7, 11) is 0. The molecule has 0 radical (unpaired) electrons. The summed E-state index contributed by atoms with van der Waals surface area (Å²) in [5.74, 6) is -1.22. The molecule has 2 unspecified atom stereocenters. The van der Waals surface area contributed by atoms with Crippen LogP contribution in [0.5, 0.6) is 0 Å². The number of carboxylic acids is 1. The minimum Gasteiger partial charge on any atom is -0.481 e. The van der Waals surface area contributed by atoms with Crippen molar-refractivity contribution in [2.75, 3.05) is 13.2 Å². The Bertz CT molecular complexity index is 574. The van der Waals surface area contributed by atoms with Crippen LogP contribution in [-0.4, -0.2) is 41.1 Å². The molecule has 23 heavy (non-hydrogen) atoms. The second-order valence-electron chi connectivity index (χ2n) is 6.62. The lowest BCUT2D eigenvalue weighted by Gasteiger charge is -2.39. The summed E-state index contributed by atoms with van der Waals surface area (Å²) >= 11 is 0. The minimum atomic E-state index is -0.780. The van der Waals surface area contributed by atoms with Gasteiger partial charge in [0.25, 0.3) is 0 Å². The van der Waals surface area contributed by atoms with Gasteiger partial charge < -0.3 is 14.7 Å². The molecule has 1 aromatic rings. The summed E-state index contributed by atoms with van der Waals surface area (Å²) in [5, 5.41) is 9.12. The molecule has 2 fully saturated rings.